The highest BCUT2D eigenvalue weighted by molar-refractivity contribution is 5.95. The minimum absolute atomic E-state index is 0.353. The number of pyridine rings is 1. The highest BCUT2D eigenvalue weighted by Gasteiger charge is 2.11. The lowest BCUT2D eigenvalue weighted by atomic mass is 10.2. The summed E-state index contributed by atoms with van der Waals surface area (Å²) in [6, 6.07) is 3.20. The van der Waals surface area contributed by atoms with E-state index in [0.717, 1.165) is 18.7 Å². The Morgan fingerprint density at radius 3 is 2.68 bits per heavy atom. The van der Waals surface area contributed by atoms with Crippen LogP contribution in [0.2, 0.25) is 0 Å². The third-order valence-electron chi connectivity index (χ3n) is 2.48. The topological polar surface area (TPSA) is 54.0 Å². The molecule has 0 unspecified atom stereocenters. The molecule has 106 valence electrons. The Bertz CT molecular complexity index is 424. The zero-order valence-electron chi connectivity index (χ0n) is 11.2. The van der Waals surface area contributed by atoms with Crippen LogP contribution in [-0.4, -0.2) is 30.4 Å². The fourth-order valence-corrected chi connectivity index (χ4v) is 1.52. The average Bonchev–Trinajstić information content (AvgIpc) is 2.41. The first-order valence-corrected chi connectivity index (χ1v) is 6.38. The van der Waals surface area contributed by atoms with Gasteiger partial charge in [-0.05, 0) is 25.0 Å². The van der Waals surface area contributed by atoms with Crippen molar-refractivity contribution in [3.05, 3.63) is 23.4 Å². The van der Waals surface area contributed by atoms with Gasteiger partial charge in [0, 0.05) is 17.8 Å². The predicted molar refractivity (Wildman–Crippen MR) is 70.7 cm³/mol. The SMILES string of the molecule is CCCNc1cc(C(=O)NCC(F)F)cc(CC)n1. The summed E-state index contributed by atoms with van der Waals surface area (Å²) in [5.41, 5.74) is 1.11. The molecule has 1 aromatic heterocycles. The van der Waals surface area contributed by atoms with Gasteiger partial charge in [-0.1, -0.05) is 13.8 Å². The molecule has 0 aliphatic heterocycles. The number of carbonyl (C=O) groups is 1. The van der Waals surface area contributed by atoms with Gasteiger partial charge in [0.1, 0.15) is 5.82 Å². The lowest BCUT2D eigenvalue weighted by molar-refractivity contribution is 0.0891. The van der Waals surface area contributed by atoms with Crippen LogP contribution in [0, 0.1) is 0 Å². The fourth-order valence-electron chi connectivity index (χ4n) is 1.52. The maximum atomic E-state index is 12.1. The van der Waals surface area contributed by atoms with Crippen molar-refractivity contribution in [3.63, 3.8) is 0 Å². The van der Waals surface area contributed by atoms with Crippen LogP contribution in [0.15, 0.2) is 12.1 Å². The van der Waals surface area contributed by atoms with Crippen LogP contribution in [-0.2, 0) is 6.42 Å². The van der Waals surface area contributed by atoms with Crippen molar-refractivity contribution in [1.29, 1.82) is 0 Å². The summed E-state index contributed by atoms with van der Waals surface area (Å²) in [6.45, 7) is 4.05. The van der Waals surface area contributed by atoms with Gasteiger partial charge >= 0.3 is 0 Å². The van der Waals surface area contributed by atoms with Crippen molar-refractivity contribution < 1.29 is 13.6 Å². The smallest absolute Gasteiger partial charge is 0.255 e. The molecule has 1 aromatic rings. The molecular formula is C13H19F2N3O. The summed E-state index contributed by atoms with van der Waals surface area (Å²) in [5, 5.41) is 5.28. The van der Waals surface area contributed by atoms with Crippen molar-refractivity contribution >= 4 is 11.7 Å². The number of hydrogen-bond acceptors (Lipinski definition) is 3. The Hall–Kier alpha value is -1.72. The highest BCUT2D eigenvalue weighted by atomic mass is 19.3. The number of carbonyl (C=O) groups excluding carboxylic acids is 1. The van der Waals surface area contributed by atoms with Gasteiger partial charge in [-0.3, -0.25) is 4.79 Å². The quantitative estimate of drug-likeness (QED) is 0.801. The standard InChI is InChI=1S/C13H19F2N3O/c1-3-5-16-12-7-9(6-10(4-2)18-12)13(19)17-8-11(14)15/h6-7,11H,3-5,8H2,1-2H3,(H,16,18)(H,17,19). The molecule has 1 rings (SSSR count). The molecule has 0 radical (unpaired) electrons. The second-order valence-electron chi connectivity index (χ2n) is 4.11. The first kappa shape index (κ1) is 15.3. The molecule has 6 heteroatoms. The second-order valence-corrected chi connectivity index (χ2v) is 4.11. The van der Waals surface area contributed by atoms with Gasteiger partial charge in [0.25, 0.3) is 12.3 Å². The number of halogens is 2. The molecule has 0 aliphatic carbocycles. The Morgan fingerprint density at radius 2 is 2.11 bits per heavy atom. The van der Waals surface area contributed by atoms with E-state index in [-0.39, 0.29) is 0 Å². The van der Waals surface area contributed by atoms with Crippen molar-refractivity contribution in [2.75, 3.05) is 18.4 Å². The maximum Gasteiger partial charge on any atom is 0.255 e. The van der Waals surface area contributed by atoms with E-state index in [4.69, 9.17) is 0 Å². The van der Waals surface area contributed by atoms with E-state index in [9.17, 15) is 13.6 Å². The summed E-state index contributed by atoms with van der Waals surface area (Å²) in [7, 11) is 0. The van der Waals surface area contributed by atoms with Crippen molar-refractivity contribution in [1.82, 2.24) is 10.3 Å². The molecule has 0 saturated heterocycles. The van der Waals surface area contributed by atoms with Crippen LogP contribution in [0.1, 0.15) is 36.3 Å². The van der Waals surface area contributed by atoms with Gasteiger partial charge in [0.2, 0.25) is 0 Å². The van der Waals surface area contributed by atoms with Gasteiger partial charge in [0.05, 0.1) is 6.54 Å². The van der Waals surface area contributed by atoms with Crippen LogP contribution < -0.4 is 10.6 Å². The molecule has 0 fully saturated rings. The van der Waals surface area contributed by atoms with Crippen LogP contribution in [0.3, 0.4) is 0 Å². The molecule has 0 spiro atoms. The lowest BCUT2D eigenvalue weighted by Gasteiger charge is -2.10. The molecule has 0 atom stereocenters. The third kappa shape index (κ3) is 5.19. The zero-order valence-corrected chi connectivity index (χ0v) is 11.2. The normalized spacial score (nSPS) is 10.6. The molecular weight excluding hydrogens is 252 g/mol. The van der Waals surface area contributed by atoms with Gasteiger partial charge in [-0.2, -0.15) is 0 Å². The number of rotatable bonds is 7. The van der Waals surface area contributed by atoms with E-state index in [2.05, 4.69) is 15.6 Å². The maximum absolute atomic E-state index is 12.1. The van der Waals surface area contributed by atoms with Gasteiger partial charge < -0.3 is 10.6 Å². The molecule has 1 amide bonds. The monoisotopic (exact) mass is 271 g/mol. The summed E-state index contributed by atoms with van der Waals surface area (Å²) < 4.78 is 24.1. The number of hydrogen-bond donors (Lipinski definition) is 2. The van der Waals surface area contributed by atoms with E-state index in [0.29, 0.717) is 17.8 Å². The molecule has 1 heterocycles. The van der Waals surface area contributed by atoms with Crippen molar-refractivity contribution in [2.45, 2.75) is 33.1 Å². The van der Waals surface area contributed by atoms with Crippen molar-refractivity contribution in [3.8, 4) is 0 Å². The van der Waals surface area contributed by atoms with Crippen LogP contribution in [0.5, 0.6) is 0 Å². The average molecular weight is 271 g/mol. The van der Waals surface area contributed by atoms with Crippen LogP contribution >= 0.6 is 0 Å². The summed E-state index contributed by atoms with van der Waals surface area (Å²) in [4.78, 5) is 16.1. The number of aryl methyl sites for hydroxylation is 1. The van der Waals surface area contributed by atoms with E-state index >= 15 is 0 Å². The van der Waals surface area contributed by atoms with Gasteiger partial charge in [-0.15, -0.1) is 0 Å². The van der Waals surface area contributed by atoms with Crippen LogP contribution in [0.4, 0.5) is 14.6 Å². The Kier molecular flexibility index (Phi) is 6.18. The van der Waals surface area contributed by atoms with E-state index in [1.807, 2.05) is 13.8 Å². The van der Waals surface area contributed by atoms with E-state index < -0.39 is 18.9 Å². The van der Waals surface area contributed by atoms with E-state index in [1.54, 1.807) is 12.1 Å². The third-order valence-corrected chi connectivity index (χ3v) is 2.48. The summed E-state index contributed by atoms with van der Waals surface area (Å²) in [5.74, 6) is 0.0975. The first-order chi connectivity index (χ1) is 9.06. The van der Waals surface area contributed by atoms with E-state index in [1.165, 1.54) is 0 Å². The lowest BCUT2D eigenvalue weighted by Crippen LogP contribution is -2.28. The first-order valence-electron chi connectivity index (χ1n) is 6.38. The number of nitrogens with one attached hydrogen (secondary N) is 2. The second kappa shape index (κ2) is 7.66. The van der Waals surface area contributed by atoms with Crippen molar-refractivity contribution in [2.24, 2.45) is 0 Å². The number of alkyl halides is 2. The zero-order chi connectivity index (χ0) is 14.3. The molecule has 0 bridgehead atoms. The van der Waals surface area contributed by atoms with Crippen LogP contribution in [0.25, 0.3) is 0 Å². The summed E-state index contributed by atoms with van der Waals surface area (Å²) in [6.07, 6.45) is -0.934. The number of amides is 1. The molecule has 2 N–H and O–H groups in total. The summed E-state index contributed by atoms with van der Waals surface area (Å²) >= 11 is 0. The number of nitrogens with zero attached hydrogens (tertiary/aromatic N) is 1. The molecule has 0 aromatic carbocycles. The minimum atomic E-state index is -2.55. The molecule has 0 aliphatic rings. The van der Waals surface area contributed by atoms with Gasteiger partial charge in [0.15, 0.2) is 0 Å². The Labute approximate surface area is 111 Å². The Balaban J connectivity index is 2.83. The number of anilines is 1. The fraction of sp³-hybridized carbons (Fsp3) is 0.538. The van der Waals surface area contributed by atoms with Gasteiger partial charge in [-0.25, -0.2) is 13.8 Å². The molecule has 0 saturated carbocycles. The largest absolute Gasteiger partial charge is 0.370 e. The highest BCUT2D eigenvalue weighted by Crippen LogP contribution is 2.11. The number of aromatic nitrogens is 1. The molecule has 4 nitrogen and oxygen atoms in total. The minimum Gasteiger partial charge on any atom is -0.370 e. The Morgan fingerprint density at radius 1 is 1.37 bits per heavy atom. The predicted octanol–water partition coefficient (Wildman–Crippen LogP) is 2.46. The molecule has 19 heavy (non-hydrogen) atoms.